The second-order valence-electron chi connectivity index (χ2n) is 7.11. The number of nitrogens with zero attached hydrogens (tertiary/aromatic N) is 1. The molecule has 0 radical (unpaired) electrons. The Bertz CT molecular complexity index is 522. The lowest BCUT2D eigenvalue weighted by Crippen LogP contribution is -2.52. The lowest BCUT2D eigenvalue weighted by atomic mass is 9.99. The highest BCUT2D eigenvalue weighted by molar-refractivity contribution is 5.70. The molecule has 2 N–H and O–H groups in total. The van der Waals surface area contributed by atoms with Crippen molar-refractivity contribution in [2.75, 3.05) is 6.61 Å². The number of nitrogens with two attached hydrogens (primary N) is 1. The maximum Gasteiger partial charge on any atom is 0.412 e. The average molecular weight is 306 g/mol. The van der Waals surface area contributed by atoms with Crippen molar-refractivity contribution >= 4 is 6.09 Å². The van der Waals surface area contributed by atoms with E-state index in [-0.39, 0.29) is 12.1 Å². The number of amides is 1. The smallest absolute Gasteiger partial charge is 0.412 e. The first-order valence-electron chi connectivity index (χ1n) is 7.58. The van der Waals surface area contributed by atoms with E-state index < -0.39 is 17.4 Å². The third-order valence-electron chi connectivity index (χ3n) is 3.71. The SMILES string of the molecule is CC(C)(C)OC(=O)N1[C@@H]([C@H](N)c2ccccc2)COC1(C)C. The molecule has 5 heteroatoms. The second-order valence-corrected chi connectivity index (χ2v) is 7.11. The fourth-order valence-corrected chi connectivity index (χ4v) is 2.66. The summed E-state index contributed by atoms with van der Waals surface area (Å²) in [5.74, 6) is 0. The van der Waals surface area contributed by atoms with Crippen LogP contribution in [0.4, 0.5) is 4.79 Å². The third kappa shape index (κ3) is 3.59. The minimum Gasteiger partial charge on any atom is -0.444 e. The molecule has 0 saturated carbocycles. The van der Waals surface area contributed by atoms with Crippen molar-refractivity contribution in [1.82, 2.24) is 4.90 Å². The van der Waals surface area contributed by atoms with Crippen LogP contribution in [-0.2, 0) is 9.47 Å². The normalized spacial score (nSPS) is 22.5. The molecule has 1 aromatic rings. The van der Waals surface area contributed by atoms with Crippen LogP contribution in [0, 0.1) is 0 Å². The first-order chi connectivity index (χ1) is 10.1. The zero-order chi connectivity index (χ0) is 16.5. The van der Waals surface area contributed by atoms with Gasteiger partial charge in [-0.25, -0.2) is 4.79 Å². The van der Waals surface area contributed by atoms with Crippen LogP contribution in [0.25, 0.3) is 0 Å². The summed E-state index contributed by atoms with van der Waals surface area (Å²) in [5, 5.41) is 0. The lowest BCUT2D eigenvalue weighted by molar-refractivity contribution is -0.0632. The van der Waals surface area contributed by atoms with E-state index in [2.05, 4.69) is 0 Å². The van der Waals surface area contributed by atoms with Crippen molar-refractivity contribution in [3.8, 4) is 0 Å². The molecular weight excluding hydrogens is 280 g/mol. The van der Waals surface area contributed by atoms with Crippen molar-refractivity contribution < 1.29 is 14.3 Å². The summed E-state index contributed by atoms with van der Waals surface area (Å²) >= 11 is 0. The fraction of sp³-hybridized carbons (Fsp3) is 0.588. The molecule has 1 saturated heterocycles. The molecule has 122 valence electrons. The summed E-state index contributed by atoms with van der Waals surface area (Å²) in [6.07, 6.45) is -0.397. The number of carbonyl (C=O) groups excluding carboxylic acids is 1. The van der Waals surface area contributed by atoms with Crippen LogP contribution < -0.4 is 5.73 Å². The Balaban J connectivity index is 2.25. The van der Waals surface area contributed by atoms with Crippen LogP contribution in [0.5, 0.6) is 0 Å². The Morgan fingerprint density at radius 3 is 2.50 bits per heavy atom. The van der Waals surface area contributed by atoms with Gasteiger partial charge in [-0.1, -0.05) is 30.3 Å². The van der Waals surface area contributed by atoms with Crippen LogP contribution in [0.2, 0.25) is 0 Å². The van der Waals surface area contributed by atoms with Gasteiger partial charge in [0.25, 0.3) is 0 Å². The van der Waals surface area contributed by atoms with Gasteiger partial charge in [0.1, 0.15) is 11.3 Å². The first-order valence-corrected chi connectivity index (χ1v) is 7.58. The van der Waals surface area contributed by atoms with Crippen LogP contribution in [0.1, 0.15) is 46.2 Å². The predicted molar refractivity (Wildman–Crippen MR) is 85.3 cm³/mol. The molecule has 0 aromatic heterocycles. The quantitative estimate of drug-likeness (QED) is 0.912. The predicted octanol–water partition coefficient (Wildman–Crippen LogP) is 3.06. The van der Waals surface area contributed by atoms with E-state index >= 15 is 0 Å². The molecule has 1 fully saturated rings. The second kappa shape index (κ2) is 5.89. The molecule has 1 heterocycles. The van der Waals surface area contributed by atoms with Gasteiger partial charge >= 0.3 is 6.09 Å². The monoisotopic (exact) mass is 306 g/mol. The minimum absolute atomic E-state index is 0.257. The van der Waals surface area contributed by atoms with E-state index in [1.807, 2.05) is 65.0 Å². The van der Waals surface area contributed by atoms with Crippen molar-refractivity contribution in [2.24, 2.45) is 5.73 Å². The summed E-state index contributed by atoms with van der Waals surface area (Å²) in [6.45, 7) is 9.65. The maximum absolute atomic E-state index is 12.6. The van der Waals surface area contributed by atoms with Gasteiger partial charge in [0.05, 0.1) is 18.7 Å². The van der Waals surface area contributed by atoms with Gasteiger partial charge in [-0.05, 0) is 40.2 Å². The molecule has 1 aromatic carbocycles. The summed E-state index contributed by atoms with van der Waals surface area (Å²) < 4.78 is 11.3. The number of benzene rings is 1. The molecule has 0 bridgehead atoms. The van der Waals surface area contributed by atoms with Gasteiger partial charge < -0.3 is 15.2 Å². The number of carbonyl (C=O) groups is 1. The molecule has 1 amide bonds. The largest absolute Gasteiger partial charge is 0.444 e. The van der Waals surface area contributed by atoms with E-state index in [4.69, 9.17) is 15.2 Å². The maximum atomic E-state index is 12.6. The number of ether oxygens (including phenoxy) is 2. The highest BCUT2D eigenvalue weighted by atomic mass is 16.6. The Morgan fingerprint density at radius 2 is 1.95 bits per heavy atom. The molecule has 5 nitrogen and oxygen atoms in total. The zero-order valence-electron chi connectivity index (χ0n) is 14.0. The number of rotatable bonds is 2. The summed E-state index contributed by atoms with van der Waals surface area (Å²) in [6, 6.07) is 9.16. The standard InChI is InChI=1S/C17H26N2O3/c1-16(2,3)22-15(20)19-13(11-21-17(19,4)5)14(18)12-9-7-6-8-10-12/h6-10,13-14H,11,18H2,1-5H3/t13-,14-/m1/s1. The van der Waals surface area contributed by atoms with Gasteiger partial charge in [0.15, 0.2) is 0 Å². The summed E-state index contributed by atoms with van der Waals surface area (Å²) in [7, 11) is 0. The van der Waals surface area contributed by atoms with Crippen molar-refractivity contribution in [1.29, 1.82) is 0 Å². The van der Waals surface area contributed by atoms with Gasteiger partial charge in [0.2, 0.25) is 0 Å². The number of hydrogen-bond acceptors (Lipinski definition) is 4. The van der Waals surface area contributed by atoms with Crippen molar-refractivity contribution in [3.63, 3.8) is 0 Å². The molecule has 0 spiro atoms. The topological polar surface area (TPSA) is 64.8 Å². The molecule has 0 unspecified atom stereocenters. The van der Waals surface area contributed by atoms with E-state index in [9.17, 15) is 4.79 Å². The van der Waals surface area contributed by atoms with E-state index in [0.717, 1.165) is 5.56 Å². The third-order valence-corrected chi connectivity index (χ3v) is 3.71. The van der Waals surface area contributed by atoms with Gasteiger partial charge in [0, 0.05) is 0 Å². The molecule has 2 atom stereocenters. The fourth-order valence-electron chi connectivity index (χ4n) is 2.66. The molecule has 2 rings (SSSR count). The summed E-state index contributed by atoms with van der Waals surface area (Å²) in [4.78, 5) is 14.2. The van der Waals surface area contributed by atoms with E-state index in [1.165, 1.54) is 0 Å². The van der Waals surface area contributed by atoms with Gasteiger partial charge in [-0.3, -0.25) is 4.90 Å². The highest BCUT2D eigenvalue weighted by Crippen LogP contribution is 2.34. The van der Waals surface area contributed by atoms with Crippen LogP contribution in [-0.4, -0.2) is 35.0 Å². The molecule has 0 aliphatic carbocycles. The highest BCUT2D eigenvalue weighted by Gasteiger charge is 2.48. The van der Waals surface area contributed by atoms with Crippen LogP contribution >= 0.6 is 0 Å². The average Bonchev–Trinajstić information content (AvgIpc) is 2.72. The number of hydrogen-bond donors (Lipinski definition) is 1. The van der Waals surface area contributed by atoms with Crippen molar-refractivity contribution in [3.05, 3.63) is 35.9 Å². The molecule has 1 aliphatic rings. The Morgan fingerprint density at radius 1 is 1.36 bits per heavy atom. The van der Waals surface area contributed by atoms with Crippen molar-refractivity contribution in [2.45, 2.75) is 58.0 Å². The molecule has 1 aliphatic heterocycles. The Labute approximate surface area is 132 Å². The molecule has 22 heavy (non-hydrogen) atoms. The molecular formula is C17H26N2O3. The van der Waals surface area contributed by atoms with Crippen LogP contribution in [0.3, 0.4) is 0 Å². The summed E-state index contributed by atoms with van der Waals surface area (Å²) in [5.41, 5.74) is 6.06. The van der Waals surface area contributed by atoms with E-state index in [1.54, 1.807) is 4.90 Å². The van der Waals surface area contributed by atoms with Gasteiger partial charge in [-0.15, -0.1) is 0 Å². The minimum atomic E-state index is -0.737. The van der Waals surface area contributed by atoms with Gasteiger partial charge in [-0.2, -0.15) is 0 Å². The Hall–Kier alpha value is -1.59. The van der Waals surface area contributed by atoms with Crippen LogP contribution in [0.15, 0.2) is 30.3 Å². The van der Waals surface area contributed by atoms with E-state index in [0.29, 0.717) is 6.61 Å². The lowest BCUT2D eigenvalue weighted by Gasteiger charge is -2.36. The Kier molecular flexibility index (Phi) is 4.49. The zero-order valence-corrected chi connectivity index (χ0v) is 14.0. The first kappa shape index (κ1) is 16.8.